The number of unbranched alkanes of at least 4 members (excludes halogenated alkanes) is 7. The molecule has 6 N–H and O–H groups in total. The Balaban J connectivity index is 2.52. The van der Waals surface area contributed by atoms with E-state index in [0.717, 1.165) is 70.6 Å². The van der Waals surface area contributed by atoms with E-state index >= 15 is 0 Å². The lowest BCUT2D eigenvalue weighted by Gasteiger charge is -2.20. The summed E-state index contributed by atoms with van der Waals surface area (Å²) in [5.41, 5.74) is 5.32. The fourth-order valence-electron chi connectivity index (χ4n) is 6.24. The fraction of sp³-hybridized carbons (Fsp3) is 0.682. The van der Waals surface area contributed by atoms with Crippen molar-refractivity contribution in [3.8, 4) is 0 Å². The number of hydrogen-bond donors (Lipinski definition) is 5. The van der Waals surface area contributed by atoms with Crippen molar-refractivity contribution in [2.75, 3.05) is 19.8 Å². The smallest absolute Gasteiger partial charge is 0.472 e. The van der Waals surface area contributed by atoms with E-state index in [2.05, 4.69) is 60.9 Å². The average molecular weight is 854 g/mol. The molecule has 14 nitrogen and oxygen atoms in total. The number of nitrogens with two attached hydrogens (primary N) is 1. The number of hydrogen-bond acceptors (Lipinski definition) is 12. The Morgan fingerprint density at radius 1 is 0.814 bits per heavy atom. The molecule has 1 rings (SSSR count). The van der Waals surface area contributed by atoms with Gasteiger partial charge in [-0.2, -0.15) is 0 Å². The highest BCUT2D eigenvalue weighted by Gasteiger charge is 2.39. The van der Waals surface area contributed by atoms with Gasteiger partial charge in [-0.15, -0.1) is 0 Å². The molecule has 0 aromatic carbocycles. The van der Waals surface area contributed by atoms with Crippen LogP contribution in [0.5, 0.6) is 0 Å². The molecule has 1 fully saturated rings. The third-order valence-corrected chi connectivity index (χ3v) is 10.6. The Morgan fingerprint density at radius 3 is 2.08 bits per heavy atom. The number of phosphoric ester groups is 1. The van der Waals surface area contributed by atoms with Crippen LogP contribution in [0.1, 0.15) is 136 Å². The van der Waals surface area contributed by atoms with Crippen LogP contribution >= 0.6 is 7.82 Å². The number of aliphatic hydroxyl groups excluding tert-OH is 2. The lowest BCUT2D eigenvalue weighted by Crippen LogP contribution is -2.34. The normalized spacial score (nSPS) is 20.0. The summed E-state index contributed by atoms with van der Waals surface area (Å²) in [7, 11) is -4.79. The van der Waals surface area contributed by atoms with Gasteiger partial charge in [-0.1, -0.05) is 113 Å². The van der Waals surface area contributed by atoms with Gasteiger partial charge in [0, 0.05) is 31.1 Å². The second-order valence-electron chi connectivity index (χ2n) is 14.9. The zero-order valence-electron chi connectivity index (χ0n) is 35.3. The number of ketones is 1. The number of rotatable bonds is 35. The predicted octanol–water partition coefficient (Wildman–Crippen LogP) is 7.76. The minimum absolute atomic E-state index is 0.0187. The maximum absolute atomic E-state index is 12.6. The molecule has 0 aliphatic heterocycles. The van der Waals surface area contributed by atoms with E-state index in [9.17, 15) is 38.8 Å². The highest BCUT2D eigenvalue weighted by molar-refractivity contribution is 7.47. The number of ether oxygens (including phenoxy) is 2. The molecule has 0 bridgehead atoms. The maximum atomic E-state index is 12.6. The van der Waals surface area contributed by atoms with Crippen molar-refractivity contribution in [3.63, 3.8) is 0 Å². The SMILES string of the molecule is CC/C=C\C/C=C\C/C=C\C/C=C\CCCCC(=O)O[C@H](COC(=O)CCCCCC[C@H]1C(=O)C[C@@H](O)[C@@H]1/C=C/[C@@H](O)CCCCC)COP(=O)(O)OC[C@H](N)C(=O)O. The molecular formula is C44H72NO13P. The summed E-state index contributed by atoms with van der Waals surface area (Å²) < 4.78 is 32.6. The van der Waals surface area contributed by atoms with Crippen LogP contribution in [0.15, 0.2) is 60.8 Å². The number of allylic oxidation sites excluding steroid dienone is 8. The first-order valence-electron chi connectivity index (χ1n) is 21.4. The van der Waals surface area contributed by atoms with E-state index in [1.54, 1.807) is 12.2 Å². The number of carboxylic acid groups (broad SMARTS) is 1. The predicted molar refractivity (Wildman–Crippen MR) is 227 cm³/mol. The standard InChI is InChI=1S/C44H72NO13P/c1-3-5-7-8-9-10-11-12-13-14-15-16-17-18-24-28-43(50)58-36(33-56-59(53,54)57-34-39(45)44(51)52)32-55-42(49)27-23-20-19-22-26-37-38(41(48)31-40(37)47)30-29-35(46)25-21-6-4-2/h5,7,9-10,12-13,15-16,29-30,35-39,41,46,48H,3-4,6,8,11,14,17-28,31-34,45H2,1-2H3,(H,51,52)(H,53,54)/b7-5-,10-9-,13-12-,16-15-,30-29+/t35-,36+,37+,38+,39-,41+/m0/s1. The number of esters is 2. The molecule has 59 heavy (non-hydrogen) atoms. The molecule has 7 atom stereocenters. The molecule has 0 radical (unpaired) electrons. The van der Waals surface area contributed by atoms with E-state index in [1.807, 2.05) is 6.08 Å². The Bertz CT molecular complexity index is 1390. The van der Waals surface area contributed by atoms with Gasteiger partial charge in [0.15, 0.2) is 6.10 Å². The fourth-order valence-corrected chi connectivity index (χ4v) is 7.02. The number of carboxylic acids is 1. The third-order valence-electron chi connectivity index (χ3n) is 9.64. The largest absolute Gasteiger partial charge is 0.480 e. The average Bonchev–Trinajstić information content (AvgIpc) is 3.47. The second kappa shape index (κ2) is 33.5. The third kappa shape index (κ3) is 28.0. The van der Waals surface area contributed by atoms with Crippen LogP contribution in [0, 0.1) is 11.8 Å². The summed E-state index contributed by atoms with van der Waals surface area (Å²) in [4.78, 5) is 58.7. The van der Waals surface area contributed by atoms with Crippen molar-refractivity contribution in [3.05, 3.63) is 60.8 Å². The maximum Gasteiger partial charge on any atom is 0.472 e. The summed E-state index contributed by atoms with van der Waals surface area (Å²) >= 11 is 0. The molecule has 1 aliphatic rings. The van der Waals surface area contributed by atoms with Crippen LogP contribution in [0.25, 0.3) is 0 Å². The molecule has 1 saturated carbocycles. The number of aliphatic hydroxyl groups is 2. The van der Waals surface area contributed by atoms with Crippen LogP contribution in [0.2, 0.25) is 0 Å². The Hall–Kier alpha value is -3.23. The van der Waals surface area contributed by atoms with Gasteiger partial charge in [0.1, 0.15) is 18.4 Å². The Kier molecular flexibility index (Phi) is 30.5. The molecular weight excluding hydrogens is 781 g/mol. The van der Waals surface area contributed by atoms with Crippen molar-refractivity contribution < 1.29 is 62.5 Å². The number of carbonyl (C=O) groups is 4. The van der Waals surface area contributed by atoms with Crippen LogP contribution < -0.4 is 5.73 Å². The second-order valence-corrected chi connectivity index (χ2v) is 16.3. The van der Waals surface area contributed by atoms with E-state index < -0.39 is 69.9 Å². The quantitative estimate of drug-likeness (QED) is 0.0178. The van der Waals surface area contributed by atoms with E-state index in [-0.39, 0.29) is 36.9 Å². The van der Waals surface area contributed by atoms with Crippen molar-refractivity contribution in [2.45, 2.75) is 160 Å². The number of phosphoric acid groups is 1. The first-order chi connectivity index (χ1) is 28.3. The molecule has 15 heteroatoms. The minimum Gasteiger partial charge on any atom is -0.480 e. The molecule has 1 aliphatic carbocycles. The summed E-state index contributed by atoms with van der Waals surface area (Å²) in [6.07, 6.45) is 30.6. The molecule has 1 unspecified atom stereocenters. The Morgan fingerprint density at radius 2 is 1.42 bits per heavy atom. The number of carbonyl (C=O) groups excluding carboxylic acids is 3. The van der Waals surface area contributed by atoms with E-state index in [1.165, 1.54) is 0 Å². The van der Waals surface area contributed by atoms with Gasteiger partial charge in [-0.25, -0.2) is 4.57 Å². The molecule has 0 amide bonds. The van der Waals surface area contributed by atoms with Crippen molar-refractivity contribution in [1.29, 1.82) is 0 Å². The zero-order chi connectivity index (χ0) is 43.7. The van der Waals surface area contributed by atoms with Crippen molar-refractivity contribution in [2.24, 2.45) is 17.6 Å². The number of aliphatic carboxylic acids is 1. The molecule has 336 valence electrons. The van der Waals surface area contributed by atoms with Gasteiger partial charge in [-0.3, -0.25) is 28.2 Å². The highest BCUT2D eigenvalue weighted by Crippen LogP contribution is 2.43. The minimum atomic E-state index is -4.79. The lowest BCUT2D eigenvalue weighted by atomic mass is 9.88. The number of Topliss-reactive ketones (excluding diaryl/α,β-unsaturated/α-hetero) is 1. The van der Waals surface area contributed by atoms with Crippen LogP contribution in [0.4, 0.5) is 0 Å². The first kappa shape index (κ1) is 53.8. The summed E-state index contributed by atoms with van der Waals surface area (Å²) in [5.74, 6) is -3.25. The topological polar surface area (TPSA) is 229 Å². The first-order valence-corrected chi connectivity index (χ1v) is 22.9. The van der Waals surface area contributed by atoms with Gasteiger partial charge in [0.05, 0.1) is 25.4 Å². The van der Waals surface area contributed by atoms with Crippen molar-refractivity contribution >= 4 is 31.5 Å². The summed E-state index contributed by atoms with van der Waals surface area (Å²) in [6, 6.07) is -1.57. The monoisotopic (exact) mass is 853 g/mol. The molecule has 0 heterocycles. The van der Waals surface area contributed by atoms with E-state index in [0.29, 0.717) is 32.1 Å². The van der Waals surface area contributed by atoms with Crippen molar-refractivity contribution in [1.82, 2.24) is 0 Å². The van der Waals surface area contributed by atoms with Crippen LogP contribution in [0.3, 0.4) is 0 Å². The molecule has 0 spiro atoms. The van der Waals surface area contributed by atoms with Gasteiger partial charge >= 0.3 is 25.7 Å². The van der Waals surface area contributed by atoms with Gasteiger partial charge in [-0.05, 0) is 64.2 Å². The highest BCUT2D eigenvalue weighted by atomic mass is 31.2. The van der Waals surface area contributed by atoms with Crippen LogP contribution in [-0.4, -0.2) is 88.1 Å². The molecule has 0 aromatic rings. The zero-order valence-corrected chi connectivity index (χ0v) is 36.2. The van der Waals surface area contributed by atoms with Gasteiger partial charge in [0.2, 0.25) is 0 Å². The summed E-state index contributed by atoms with van der Waals surface area (Å²) in [6.45, 7) is 2.28. The Labute approximate surface area is 351 Å². The lowest BCUT2D eigenvalue weighted by molar-refractivity contribution is -0.161. The summed E-state index contributed by atoms with van der Waals surface area (Å²) in [5, 5.41) is 29.6. The molecule has 0 saturated heterocycles. The van der Waals surface area contributed by atoms with Crippen LogP contribution in [-0.2, 0) is 42.3 Å². The van der Waals surface area contributed by atoms with Gasteiger partial charge < -0.3 is 35.4 Å². The molecule has 0 aromatic heterocycles. The van der Waals surface area contributed by atoms with Gasteiger partial charge in [0.25, 0.3) is 0 Å². The van der Waals surface area contributed by atoms with E-state index in [4.69, 9.17) is 24.8 Å².